The van der Waals surface area contributed by atoms with E-state index >= 15 is 0 Å². The number of benzene rings is 2. The number of pyridine rings is 1. The van der Waals surface area contributed by atoms with Crippen molar-refractivity contribution < 1.29 is 19.0 Å². The number of ether oxygens (including phenoxy) is 1. The van der Waals surface area contributed by atoms with E-state index in [0.717, 1.165) is 0 Å². The number of para-hydroxylation sites is 1. The third kappa shape index (κ3) is 4.43. The molecule has 1 aromatic heterocycles. The highest BCUT2D eigenvalue weighted by Crippen LogP contribution is 2.31. The lowest BCUT2D eigenvalue weighted by Crippen LogP contribution is -2.26. The molecule has 7 heteroatoms. The van der Waals surface area contributed by atoms with Gasteiger partial charge in [-0.25, -0.2) is 9.37 Å². The lowest BCUT2D eigenvalue weighted by atomic mass is 10.1. The van der Waals surface area contributed by atoms with Gasteiger partial charge < -0.3 is 14.7 Å². The van der Waals surface area contributed by atoms with Crippen LogP contribution < -0.4 is 4.74 Å². The maximum Gasteiger partial charge on any atom is 0.259 e. The molecular formula is C20H16BrFN2O3. The van der Waals surface area contributed by atoms with E-state index in [1.54, 1.807) is 43.4 Å². The van der Waals surface area contributed by atoms with Crippen LogP contribution in [0.2, 0.25) is 0 Å². The number of aromatic hydroxyl groups is 1. The fraction of sp³-hybridized carbons (Fsp3) is 0.100. The van der Waals surface area contributed by atoms with Crippen LogP contribution in [-0.2, 0) is 6.54 Å². The van der Waals surface area contributed by atoms with Crippen molar-refractivity contribution in [3.05, 3.63) is 82.2 Å². The zero-order chi connectivity index (χ0) is 19.4. The summed E-state index contributed by atoms with van der Waals surface area (Å²) < 4.78 is 19.4. The van der Waals surface area contributed by atoms with Crippen molar-refractivity contribution in [2.24, 2.45) is 0 Å². The molecule has 0 saturated carbocycles. The van der Waals surface area contributed by atoms with Gasteiger partial charge in [-0.3, -0.25) is 4.79 Å². The Morgan fingerprint density at radius 1 is 1.22 bits per heavy atom. The highest BCUT2D eigenvalue weighted by Gasteiger charge is 2.20. The van der Waals surface area contributed by atoms with E-state index in [4.69, 9.17) is 4.74 Å². The van der Waals surface area contributed by atoms with Crippen LogP contribution in [0.3, 0.4) is 0 Å². The third-order valence-electron chi connectivity index (χ3n) is 3.85. The molecule has 138 valence electrons. The van der Waals surface area contributed by atoms with Crippen molar-refractivity contribution in [2.45, 2.75) is 6.54 Å². The Morgan fingerprint density at radius 2 is 2.00 bits per heavy atom. The van der Waals surface area contributed by atoms with E-state index in [-0.39, 0.29) is 29.6 Å². The number of phenols is 1. The zero-order valence-electron chi connectivity index (χ0n) is 14.4. The fourth-order valence-electron chi connectivity index (χ4n) is 2.47. The predicted molar refractivity (Wildman–Crippen MR) is 102 cm³/mol. The largest absolute Gasteiger partial charge is 0.508 e. The molecule has 0 aliphatic heterocycles. The van der Waals surface area contributed by atoms with Crippen molar-refractivity contribution in [1.29, 1.82) is 0 Å². The summed E-state index contributed by atoms with van der Waals surface area (Å²) in [6.45, 7) is 0.222. The molecule has 2 aromatic carbocycles. The van der Waals surface area contributed by atoms with Crippen LogP contribution in [0.25, 0.3) is 0 Å². The minimum absolute atomic E-state index is 0.110. The number of phenolic OH excluding ortho intramolecular Hbond substituents is 1. The number of hydrogen-bond donors (Lipinski definition) is 1. The van der Waals surface area contributed by atoms with E-state index in [1.807, 2.05) is 0 Å². The number of amides is 1. The van der Waals surface area contributed by atoms with Gasteiger partial charge in [0.25, 0.3) is 5.91 Å². The number of halogens is 2. The van der Waals surface area contributed by atoms with Crippen LogP contribution in [0, 0.1) is 5.82 Å². The molecule has 0 saturated heterocycles. The number of carbonyl (C=O) groups is 1. The lowest BCUT2D eigenvalue weighted by molar-refractivity contribution is 0.0781. The molecule has 1 heterocycles. The minimum Gasteiger partial charge on any atom is -0.508 e. The first kappa shape index (κ1) is 18.8. The number of carbonyl (C=O) groups excluding carboxylic acids is 1. The highest BCUT2D eigenvalue weighted by atomic mass is 79.9. The molecule has 5 nitrogen and oxygen atoms in total. The SMILES string of the molecule is CN(Cc1ccccc1O)C(=O)c1cccnc1Oc1ccc(F)cc1Br. The second-order valence-electron chi connectivity index (χ2n) is 5.82. The van der Waals surface area contributed by atoms with Gasteiger partial charge in [0, 0.05) is 25.4 Å². The molecule has 1 amide bonds. The Hall–Kier alpha value is -2.93. The van der Waals surface area contributed by atoms with Gasteiger partial charge in [-0.2, -0.15) is 0 Å². The molecule has 0 aliphatic rings. The van der Waals surface area contributed by atoms with E-state index < -0.39 is 5.82 Å². The smallest absolute Gasteiger partial charge is 0.259 e. The van der Waals surface area contributed by atoms with Gasteiger partial charge in [0.15, 0.2) is 0 Å². The summed E-state index contributed by atoms with van der Waals surface area (Å²) in [5.41, 5.74) is 0.882. The Labute approximate surface area is 164 Å². The van der Waals surface area contributed by atoms with Gasteiger partial charge in [0.05, 0.1) is 4.47 Å². The first-order chi connectivity index (χ1) is 13.0. The molecule has 0 radical (unpaired) electrons. The van der Waals surface area contributed by atoms with Crippen LogP contribution in [0.5, 0.6) is 17.4 Å². The lowest BCUT2D eigenvalue weighted by Gasteiger charge is -2.19. The first-order valence-corrected chi connectivity index (χ1v) is 8.85. The van der Waals surface area contributed by atoms with Crippen LogP contribution in [0.4, 0.5) is 4.39 Å². The summed E-state index contributed by atoms with van der Waals surface area (Å²) in [6, 6.07) is 14.0. The number of aromatic nitrogens is 1. The fourth-order valence-corrected chi connectivity index (χ4v) is 2.91. The minimum atomic E-state index is -0.408. The van der Waals surface area contributed by atoms with Crippen molar-refractivity contribution >= 4 is 21.8 Å². The molecule has 3 aromatic rings. The molecule has 0 fully saturated rings. The second-order valence-corrected chi connectivity index (χ2v) is 6.68. The molecular weight excluding hydrogens is 415 g/mol. The summed E-state index contributed by atoms with van der Waals surface area (Å²) in [4.78, 5) is 18.5. The first-order valence-electron chi connectivity index (χ1n) is 8.06. The molecule has 0 atom stereocenters. The summed E-state index contributed by atoms with van der Waals surface area (Å²) in [6.07, 6.45) is 1.51. The maximum absolute atomic E-state index is 13.3. The van der Waals surface area contributed by atoms with E-state index in [0.29, 0.717) is 15.8 Å². The van der Waals surface area contributed by atoms with Crippen LogP contribution in [-0.4, -0.2) is 27.9 Å². The Bertz CT molecular complexity index is 981. The Kier molecular flexibility index (Phi) is 5.71. The molecule has 0 aliphatic carbocycles. The topological polar surface area (TPSA) is 62.7 Å². The number of rotatable bonds is 5. The van der Waals surface area contributed by atoms with E-state index in [2.05, 4.69) is 20.9 Å². The average Bonchev–Trinajstić information content (AvgIpc) is 2.65. The van der Waals surface area contributed by atoms with E-state index in [9.17, 15) is 14.3 Å². The quantitative estimate of drug-likeness (QED) is 0.633. The van der Waals surface area contributed by atoms with Gasteiger partial charge in [-0.15, -0.1) is 0 Å². The van der Waals surface area contributed by atoms with Crippen molar-refractivity contribution in [2.75, 3.05) is 7.05 Å². The molecule has 0 bridgehead atoms. The highest BCUT2D eigenvalue weighted by molar-refractivity contribution is 9.10. The van der Waals surface area contributed by atoms with Gasteiger partial charge in [-0.1, -0.05) is 18.2 Å². The summed E-state index contributed by atoms with van der Waals surface area (Å²) in [5.74, 6) is -0.157. The monoisotopic (exact) mass is 430 g/mol. The Balaban J connectivity index is 1.84. The van der Waals surface area contributed by atoms with Gasteiger partial charge in [-0.05, 0) is 52.3 Å². The summed E-state index contributed by atoms with van der Waals surface area (Å²) in [7, 11) is 1.62. The standard InChI is InChI=1S/C20H16BrFN2O3/c1-24(12-13-5-2-3-7-17(13)25)20(26)15-6-4-10-23-19(15)27-18-9-8-14(22)11-16(18)21/h2-11,25H,12H2,1H3. The van der Waals surface area contributed by atoms with Gasteiger partial charge in [0.1, 0.15) is 22.9 Å². The predicted octanol–water partition coefficient (Wildman–Crippen LogP) is 4.75. The maximum atomic E-state index is 13.3. The normalized spacial score (nSPS) is 10.5. The van der Waals surface area contributed by atoms with Crippen LogP contribution >= 0.6 is 15.9 Å². The van der Waals surface area contributed by atoms with Crippen LogP contribution in [0.15, 0.2) is 65.3 Å². The molecule has 0 unspecified atom stereocenters. The number of nitrogens with zero attached hydrogens (tertiary/aromatic N) is 2. The molecule has 1 N–H and O–H groups in total. The zero-order valence-corrected chi connectivity index (χ0v) is 16.0. The van der Waals surface area contributed by atoms with Crippen molar-refractivity contribution in [3.8, 4) is 17.4 Å². The van der Waals surface area contributed by atoms with Crippen LogP contribution in [0.1, 0.15) is 15.9 Å². The summed E-state index contributed by atoms with van der Waals surface area (Å²) in [5, 5.41) is 9.90. The third-order valence-corrected chi connectivity index (χ3v) is 4.47. The molecule has 3 rings (SSSR count). The second kappa shape index (κ2) is 8.18. The number of hydrogen-bond acceptors (Lipinski definition) is 4. The molecule has 0 spiro atoms. The van der Waals surface area contributed by atoms with E-state index in [1.165, 1.54) is 29.3 Å². The van der Waals surface area contributed by atoms with Gasteiger partial charge >= 0.3 is 0 Å². The average molecular weight is 431 g/mol. The summed E-state index contributed by atoms with van der Waals surface area (Å²) >= 11 is 3.23. The molecule has 27 heavy (non-hydrogen) atoms. The van der Waals surface area contributed by atoms with Gasteiger partial charge in [0.2, 0.25) is 5.88 Å². The van der Waals surface area contributed by atoms with Crippen molar-refractivity contribution in [1.82, 2.24) is 9.88 Å². The van der Waals surface area contributed by atoms with Crippen molar-refractivity contribution in [3.63, 3.8) is 0 Å². The Morgan fingerprint density at radius 3 is 2.74 bits per heavy atom.